The van der Waals surface area contributed by atoms with Crippen LogP contribution in [-0.2, 0) is 4.79 Å². The number of likely N-dealkylation sites (N-methyl/N-ethyl adjacent to an activating group) is 1. The normalized spacial score (nSPS) is 33.4. The van der Waals surface area contributed by atoms with Gasteiger partial charge in [0.05, 0.1) is 25.9 Å². The van der Waals surface area contributed by atoms with E-state index in [4.69, 9.17) is 5.73 Å². The van der Waals surface area contributed by atoms with Crippen LogP contribution in [0.15, 0.2) is 11.6 Å². The third kappa shape index (κ3) is 2.03. The molecule has 110 valence electrons. The van der Waals surface area contributed by atoms with E-state index in [1.807, 2.05) is 0 Å². The van der Waals surface area contributed by atoms with Crippen LogP contribution in [0.25, 0.3) is 0 Å². The zero-order valence-corrected chi connectivity index (χ0v) is 11.1. The fraction of sp³-hybridized carbons (Fsp3) is 0.727. The molecule has 1 saturated heterocycles. The van der Waals surface area contributed by atoms with Crippen LogP contribution in [-0.4, -0.2) is 51.4 Å². The molecule has 2 rings (SSSR count). The lowest BCUT2D eigenvalue weighted by molar-refractivity contribution is -0.619. The van der Waals surface area contributed by atoms with Gasteiger partial charge in [-0.3, -0.25) is 29.9 Å². The van der Waals surface area contributed by atoms with Crippen LogP contribution in [0, 0.1) is 20.2 Å². The lowest BCUT2D eigenvalue weighted by Crippen LogP contribution is -2.66. The average Bonchev–Trinajstić information content (AvgIpc) is 2.36. The SMILES string of the molecule is CCN1C[C@]2([N+](=O)[O-])C=C(C(N)=O)C[C@@]([N+](=O)[O-])(C1)C2. The molecule has 0 unspecified atom stereocenters. The van der Waals surface area contributed by atoms with Gasteiger partial charge in [0.1, 0.15) is 0 Å². The molecular formula is C11H16N4O5. The lowest BCUT2D eigenvalue weighted by Gasteiger charge is -2.44. The predicted octanol–water partition coefficient (Wildman–Crippen LogP) is -0.442. The van der Waals surface area contributed by atoms with Crippen LogP contribution >= 0.6 is 0 Å². The van der Waals surface area contributed by atoms with Crippen LogP contribution in [0.2, 0.25) is 0 Å². The number of fused-ring (bicyclic) bond motifs is 2. The number of carbonyl (C=O) groups excluding carboxylic acids is 1. The average molecular weight is 284 g/mol. The molecule has 2 N–H and O–H groups in total. The molecule has 0 spiro atoms. The van der Waals surface area contributed by atoms with E-state index in [1.54, 1.807) is 11.8 Å². The summed E-state index contributed by atoms with van der Waals surface area (Å²) in [5.41, 5.74) is 2.06. The number of primary amides is 1. The minimum Gasteiger partial charge on any atom is -0.366 e. The molecule has 0 aromatic rings. The molecule has 20 heavy (non-hydrogen) atoms. The fourth-order valence-electron chi connectivity index (χ4n) is 3.23. The summed E-state index contributed by atoms with van der Waals surface area (Å²) in [7, 11) is 0. The quantitative estimate of drug-likeness (QED) is 0.549. The molecule has 1 aliphatic carbocycles. The monoisotopic (exact) mass is 284 g/mol. The van der Waals surface area contributed by atoms with Crippen LogP contribution < -0.4 is 5.73 Å². The molecule has 9 heteroatoms. The maximum absolute atomic E-state index is 11.5. The Hall–Kier alpha value is -2.03. The van der Waals surface area contributed by atoms with Crippen LogP contribution in [0.4, 0.5) is 0 Å². The van der Waals surface area contributed by atoms with Crippen molar-refractivity contribution in [1.82, 2.24) is 4.90 Å². The van der Waals surface area contributed by atoms with Gasteiger partial charge in [-0.1, -0.05) is 6.92 Å². The molecule has 2 bridgehead atoms. The summed E-state index contributed by atoms with van der Waals surface area (Å²) in [4.78, 5) is 34.9. The Labute approximate surface area is 114 Å². The summed E-state index contributed by atoms with van der Waals surface area (Å²) in [5, 5.41) is 22.9. The molecule has 0 radical (unpaired) electrons. The van der Waals surface area contributed by atoms with Crippen LogP contribution in [0.3, 0.4) is 0 Å². The summed E-state index contributed by atoms with van der Waals surface area (Å²) >= 11 is 0. The Morgan fingerprint density at radius 3 is 2.50 bits per heavy atom. The summed E-state index contributed by atoms with van der Waals surface area (Å²) in [6, 6.07) is 0. The zero-order chi connectivity index (χ0) is 15.1. The Morgan fingerprint density at radius 2 is 2.05 bits per heavy atom. The molecule has 0 saturated carbocycles. The van der Waals surface area contributed by atoms with Crippen molar-refractivity contribution in [2.75, 3.05) is 19.6 Å². The number of amides is 1. The first-order valence-electron chi connectivity index (χ1n) is 6.27. The molecule has 1 fully saturated rings. The minimum atomic E-state index is -1.61. The van der Waals surface area contributed by atoms with Crippen molar-refractivity contribution in [2.24, 2.45) is 5.73 Å². The molecule has 1 amide bonds. The van der Waals surface area contributed by atoms with Gasteiger partial charge in [0, 0.05) is 21.5 Å². The highest BCUT2D eigenvalue weighted by Gasteiger charge is 2.64. The Morgan fingerprint density at radius 1 is 1.40 bits per heavy atom. The number of nitro groups is 2. The van der Waals surface area contributed by atoms with E-state index in [0.717, 1.165) is 0 Å². The van der Waals surface area contributed by atoms with Crippen LogP contribution in [0.5, 0.6) is 0 Å². The third-order valence-electron chi connectivity index (χ3n) is 4.13. The van der Waals surface area contributed by atoms with Gasteiger partial charge in [0.2, 0.25) is 11.4 Å². The summed E-state index contributed by atoms with van der Waals surface area (Å²) in [5.74, 6) is -0.827. The van der Waals surface area contributed by atoms with Gasteiger partial charge in [-0.2, -0.15) is 0 Å². The second-order valence-electron chi connectivity index (χ2n) is 5.53. The minimum absolute atomic E-state index is 0.0135. The van der Waals surface area contributed by atoms with Crippen molar-refractivity contribution in [1.29, 1.82) is 0 Å². The van der Waals surface area contributed by atoms with Gasteiger partial charge in [0.25, 0.3) is 5.54 Å². The van der Waals surface area contributed by atoms with Gasteiger partial charge in [-0.05, 0) is 6.54 Å². The van der Waals surface area contributed by atoms with E-state index >= 15 is 0 Å². The Balaban J connectivity index is 2.57. The number of rotatable bonds is 4. The smallest absolute Gasteiger partial charge is 0.260 e. The molecule has 2 aliphatic rings. The predicted molar refractivity (Wildman–Crippen MR) is 68.1 cm³/mol. The van der Waals surface area contributed by atoms with E-state index in [1.165, 1.54) is 6.08 Å². The lowest BCUT2D eigenvalue weighted by atomic mass is 9.69. The van der Waals surface area contributed by atoms with Gasteiger partial charge in [0.15, 0.2) is 0 Å². The Kier molecular flexibility index (Phi) is 3.24. The Bertz CT molecular complexity index is 519. The number of piperidine rings is 1. The molecular weight excluding hydrogens is 268 g/mol. The van der Waals surface area contributed by atoms with Gasteiger partial charge >= 0.3 is 0 Å². The highest BCUT2D eigenvalue weighted by atomic mass is 16.6. The van der Waals surface area contributed by atoms with E-state index in [0.29, 0.717) is 6.54 Å². The molecule has 1 heterocycles. The number of carbonyl (C=O) groups is 1. The van der Waals surface area contributed by atoms with Crippen molar-refractivity contribution >= 4 is 5.91 Å². The number of hydrogen-bond donors (Lipinski definition) is 1. The van der Waals surface area contributed by atoms with E-state index in [-0.39, 0.29) is 31.5 Å². The molecule has 2 atom stereocenters. The topological polar surface area (TPSA) is 133 Å². The number of nitrogens with zero attached hydrogens (tertiary/aromatic N) is 3. The highest BCUT2D eigenvalue weighted by molar-refractivity contribution is 5.92. The van der Waals surface area contributed by atoms with Crippen molar-refractivity contribution < 1.29 is 14.6 Å². The number of nitrogens with two attached hydrogens (primary N) is 1. The number of hydrogen-bond acceptors (Lipinski definition) is 6. The van der Waals surface area contributed by atoms with Crippen LogP contribution in [0.1, 0.15) is 19.8 Å². The fourth-order valence-corrected chi connectivity index (χ4v) is 3.23. The van der Waals surface area contributed by atoms with E-state index < -0.39 is 26.8 Å². The van der Waals surface area contributed by atoms with Gasteiger partial charge in [-0.15, -0.1) is 0 Å². The van der Waals surface area contributed by atoms with Gasteiger partial charge in [-0.25, -0.2) is 0 Å². The summed E-state index contributed by atoms with van der Waals surface area (Å²) in [6.45, 7) is 2.42. The first-order valence-corrected chi connectivity index (χ1v) is 6.27. The first kappa shape index (κ1) is 14.4. The third-order valence-corrected chi connectivity index (χ3v) is 4.13. The van der Waals surface area contributed by atoms with Crippen molar-refractivity contribution in [3.05, 3.63) is 31.9 Å². The molecule has 0 aromatic carbocycles. The first-order chi connectivity index (χ1) is 9.24. The van der Waals surface area contributed by atoms with Crippen molar-refractivity contribution in [3.8, 4) is 0 Å². The maximum atomic E-state index is 11.5. The van der Waals surface area contributed by atoms with E-state index in [9.17, 15) is 25.0 Å². The summed E-state index contributed by atoms with van der Waals surface area (Å²) in [6.07, 6.45) is 0.869. The molecule has 1 aliphatic heterocycles. The van der Waals surface area contributed by atoms with Crippen molar-refractivity contribution in [2.45, 2.75) is 30.8 Å². The largest absolute Gasteiger partial charge is 0.366 e. The standard InChI is InChI=1S/C11H16N4O5/c1-2-13-6-10(14(17)18)3-8(9(12)16)4-11(5-10,7-13)15(19)20/h3H,2,4-7H2,1H3,(H2,12,16)/t10-,11-/m0/s1. The number of likely N-dealkylation sites (tertiary alicyclic amines) is 1. The summed E-state index contributed by atoms with van der Waals surface area (Å²) < 4.78 is 0. The molecule has 9 nitrogen and oxygen atoms in total. The van der Waals surface area contributed by atoms with Gasteiger partial charge < -0.3 is 5.73 Å². The molecule has 0 aromatic heterocycles. The highest BCUT2D eigenvalue weighted by Crippen LogP contribution is 2.42. The zero-order valence-electron chi connectivity index (χ0n) is 11.1. The second-order valence-corrected chi connectivity index (χ2v) is 5.53. The van der Waals surface area contributed by atoms with Crippen molar-refractivity contribution in [3.63, 3.8) is 0 Å². The second kappa shape index (κ2) is 4.51. The van der Waals surface area contributed by atoms with E-state index in [2.05, 4.69) is 0 Å². The maximum Gasteiger partial charge on any atom is 0.260 e.